The van der Waals surface area contributed by atoms with Crippen LogP contribution in [0.3, 0.4) is 0 Å². The quantitative estimate of drug-likeness (QED) is 0.588. The fourth-order valence-electron chi connectivity index (χ4n) is 2.84. The van der Waals surface area contributed by atoms with Crippen LogP contribution >= 0.6 is 11.3 Å². The molecule has 3 N–H and O–H groups in total. The Kier molecular flexibility index (Phi) is 7.16. The molecule has 148 valence electrons. The van der Waals surface area contributed by atoms with Crippen LogP contribution in [0.15, 0.2) is 41.8 Å². The van der Waals surface area contributed by atoms with E-state index in [0.717, 1.165) is 19.4 Å². The number of rotatable bonds is 8. The standard InChI is InChI=1S/C20H23N3O4S/c24-17(18-4-2-12-28-18)9-10-19(25)22-14-5-7-15(8-6-14)23-20(26)21-13-16-3-1-11-27-16/h2,4-8,12,16H,1,3,9-11,13H2,(H,22,25)(H2,21,23,26). The minimum Gasteiger partial charge on any atom is -0.376 e. The van der Waals surface area contributed by atoms with E-state index in [1.807, 2.05) is 11.4 Å². The number of hydrogen-bond donors (Lipinski definition) is 3. The number of carbonyl (C=O) groups is 3. The number of amides is 3. The van der Waals surface area contributed by atoms with Gasteiger partial charge in [0.1, 0.15) is 0 Å². The molecule has 1 aliphatic heterocycles. The molecular weight excluding hydrogens is 378 g/mol. The Balaban J connectivity index is 1.39. The summed E-state index contributed by atoms with van der Waals surface area (Å²) < 4.78 is 5.46. The van der Waals surface area contributed by atoms with E-state index in [9.17, 15) is 14.4 Å². The largest absolute Gasteiger partial charge is 0.376 e. The number of ketones is 1. The van der Waals surface area contributed by atoms with Crippen molar-refractivity contribution in [2.24, 2.45) is 0 Å². The van der Waals surface area contributed by atoms with Gasteiger partial charge in [0, 0.05) is 37.4 Å². The van der Waals surface area contributed by atoms with E-state index in [1.165, 1.54) is 11.3 Å². The summed E-state index contributed by atoms with van der Waals surface area (Å²) in [5, 5.41) is 10.1. The summed E-state index contributed by atoms with van der Waals surface area (Å²) in [5.74, 6) is -0.251. The molecule has 8 heteroatoms. The van der Waals surface area contributed by atoms with E-state index >= 15 is 0 Å². The molecule has 2 aromatic rings. The third-order valence-corrected chi connectivity index (χ3v) is 5.23. The second-order valence-electron chi connectivity index (χ2n) is 6.50. The van der Waals surface area contributed by atoms with Gasteiger partial charge in [0.05, 0.1) is 11.0 Å². The van der Waals surface area contributed by atoms with Gasteiger partial charge < -0.3 is 20.7 Å². The van der Waals surface area contributed by atoms with Crippen LogP contribution in [0.25, 0.3) is 0 Å². The Bertz CT molecular complexity index is 799. The van der Waals surface area contributed by atoms with Crippen molar-refractivity contribution in [3.8, 4) is 0 Å². The molecule has 0 saturated carbocycles. The van der Waals surface area contributed by atoms with Crippen LogP contribution in [0.5, 0.6) is 0 Å². The molecule has 3 amide bonds. The van der Waals surface area contributed by atoms with Gasteiger partial charge in [-0.15, -0.1) is 11.3 Å². The highest BCUT2D eigenvalue weighted by molar-refractivity contribution is 7.12. The number of benzene rings is 1. The predicted octanol–water partition coefficient (Wildman–Crippen LogP) is 3.65. The summed E-state index contributed by atoms with van der Waals surface area (Å²) in [6.45, 7) is 1.24. The van der Waals surface area contributed by atoms with Crippen molar-refractivity contribution < 1.29 is 19.1 Å². The highest BCUT2D eigenvalue weighted by Crippen LogP contribution is 2.16. The Labute approximate surface area is 167 Å². The van der Waals surface area contributed by atoms with Crippen LogP contribution in [0.4, 0.5) is 16.2 Å². The van der Waals surface area contributed by atoms with Crippen molar-refractivity contribution in [2.45, 2.75) is 31.8 Å². The van der Waals surface area contributed by atoms with Crippen molar-refractivity contribution in [2.75, 3.05) is 23.8 Å². The number of ether oxygens (including phenoxy) is 1. The number of carbonyl (C=O) groups excluding carboxylic acids is 3. The molecule has 0 aliphatic carbocycles. The number of urea groups is 1. The summed E-state index contributed by atoms with van der Waals surface area (Å²) in [6.07, 6.45) is 2.39. The summed E-state index contributed by atoms with van der Waals surface area (Å²) in [5.41, 5.74) is 1.23. The molecule has 1 atom stereocenters. The van der Waals surface area contributed by atoms with E-state index in [2.05, 4.69) is 16.0 Å². The average molecular weight is 401 g/mol. The van der Waals surface area contributed by atoms with Gasteiger partial charge in [0.25, 0.3) is 0 Å². The van der Waals surface area contributed by atoms with Crippen molar-refractivity contribution in [3.05, 3.63) is 46.7 Å². The van der Waals surface area contributed by atoms with E-state index in [0.29, 0.717) is 22.8 Å². The van der Waals surface area contributed by atoms with Crippen LogP contribution in [0.1, 0.15) is 35.4 Å². The third kappa shape index (κ3) is 6.17. The first-order chi connectivity index (χ1) is 13.6. The maximum absolute atomic E-state index is 12.0. The first kappa shape index (κ1) is 20.0. The second-order valence-corrected chi connectivity index (χ2v) is 7.44. The van der Waals surface area contributed by atoms with Crippen molar-refractivity contribution >= 4 is 40.4 Å². The topological polar surface area (TPSA) is 96.5 Å². The fourth-order valence-corrected chi connectivity index (χ4v) is 3.53. The van der Waals surface area contributed by atoms with Gasteiger partial charge in [0.2, 0.25) is 5.91 Å². The lowest BCUT2D eigenvalue weighted by Gasteiger charge is -2.12. The van der Waals surface area contributed by atoms with Gasteiger partial charge >= 0.3 is 6.03 Å². The van der Waals surface area contributed by atoms with Crippen molar-refractivity contribution in [1.29, 1.82) is 0 Å². The summed E-state index contributed by atoms with van der Waals surface area (Å²) in [6, 6.07) is 10.1. The molecule has 1 aromatic heterocycles. The Morgan fingerprint density at radius 3 is 2.43 bits per heavy atom. The Morgan fingerprint density at radius 2 is 1.79 bits per heavy atom. The molecule has 7 nitrogen and oxygen atoms in total. The maximum atomic E-state index is 12.0. The van der Waals surface area contributed by atoms with E-state index in [4.69, 9.17) is 4.74 Å². The molecule has 1 unspecified atom stereocenters. The molecule has 0 radical (unpaired) electrons. The lowest BCUT2D eigenvalue weighted by atomic mass is 10.2. The molecule has 2 heterocycles. The first-order valence-electron chi connectivity index (χ1n) is 9.23. The Morgan fingerprint density at radius 1 is 1.04 bits per heavy atom. The lowest BCUT2D eigenvalue weighted by molar-refractivity contribution is -0.116. The van der Waals surface area contributed by atoms with Gasteiger partial charge in [-0.05, 0) is 48.6 Å². The van der Waals surface area contributed by atoms with Gasteiger partial charge in [0.15, 0.2) is 5.78 Å². The Hall–Kier alpha value is -2.71. The molecule has 1 aliphatic rings. The van der Waals surface area contributed by atoms with E-state index in [1.54, 1.807) is 30.3 Å². The molecule has 1 fully saturated rings. The van der Waals surface area contributed by atoms with Gasteiger partial charge in [-0.25, -0.2) is 4.79 Å². The summed E-state index contributed by atoms with van der Waals surface area (Å²) in [7, 11) is 0. The molecule has 28 heavy (non-hydrogen) atoms. The fraction of sp³-hybridized carbons (Fsp3) is 0.350. The van der Waals surface area contributed by atoms with Crippen LogP contribution in [-0.2, 0) is 9.53 Å². The van der Waals surface area contributed by atoms with Crippen LogP contribution < -0.4 is 16.0 Å². The minimum absolute atomic E-state index is 0.0290. The normalized spacial score (nSPS) is 15.8. The van der Waals surface area contributed by atoms with E-state index in [-0.39, 0.29) is 36.7 Å². The zero-order chi connectivity index (χ0) is 19.8. The molecule has 3 rings (SSSR count). The molecule has 1 aromatic carbocycles. The van der Waals surface area contributed by atoms with Crippen molar-refractivity contribution in [1.82, 2.24) is 5.32 Å². The highest BCUT2D eigenvalue weighted by Gasteiger charge is 2.16. The lowest BCUT2D eigenvalue weighted by Crippen LogP contribution is -2.35. The third-order valence-electron chi connectivity index (χ3n) is 4.32. The zero-order valence-corrected chi connectivity index (χ0v) is 16.2. The number of Topliss-reactive ketones (excluding diaryl/α,β-unsaturated/α-hetero) is 1. The summed E-state index contributed by atoms with van der Waals surface area (Å²) >= 11 is 1.38. The second kappa shape index (κ2) is 10.0. The van der Waals surface area contributed by atoms with Gasteiger partial charge in [-0.1, -0.05) is 6.07 Å². The first-order valence-corrected chi connectivity index (χ1v) is 10.1. The molecule has 0 bridgehead atoms. The number of thiophene rings is 1. The molecular formula is C20H23N3O4S. The van der Waals surface area contributed by atoms with E-state index < -0.39 is 0 Å². The van der Waals surface area contributed by atoms with Crippen LogP contribution in [-0.4, -0.2) is 37.0 Å². The number of nitrogens with one attached hydrogen (secondary N) is 3. The SMILES string of the molecule is O=C(CCC(=O)c1cccs1)Nc1ccc(NC(=O)NCC2CCCO2)cc1. The average Bonchev–Trinajstić information content (AvgIpc) is 3.40. The maximum Gasteiger partial charge on any atom is 0.319 e. The predicted molar refractivity (Wildman–Crippen MR) is 109 cm³/mol. The van der Waals surface area contributed by atoms with Crippen molar-refractivity contribution in [3.63, 3.8) is 0 Å². The zero-order valence-electron chi connectivity index (χ0n) is 15.4. The minimum atomic E-state index is -0.292. The molecule has 0 spiro atoms. The number of anilines is 2. The van der Waals surface area contributed by atoms with Gasteiger partial charge in [-0.2, -0.15) is 0 Å². The van der Waals surface area contributed by atoms with Crippen LogP contribution in [0.2, 0.25) is 0 Å². The summed E-state index contributed by atoms with van der Waals surface area (Å²) in [4.78, 5) is 36.5. The number of hydrogen-bond acceptors (Lipinski definition) is 5. The van der Waals surface area contributed by atoms with Crippen LogP contribution in [0, 0.1) is 0 Å². The smallest absolute Gasteiger partial charge is 0.319 e. The molecule has 1 saturated heterocycles. The van der Waals surface area contributed by atoms with Gasteiger partial charge in [-0.3, -0.25) is 9.59 Å². The highest BCUT2D eigenvalue weighted by atomic mass is 32.1. The monoisotopic (exact) mass is 401 g/mol.